The molecular weight excluding hydrogens is 216 g/mol. The van der Waals surface area contributed by atoms with Gasteiger partial charge in [-0.25, -0.2) is 4.79 Å². The highest BCUT2D eigenvalue weighted by atomic mass is 16.6. The third-order valence-corrected chi connectivity index (χ3v) is 2.32. The first-order valence-corrected chi connectivity index (χ1v) is 4.86. The lowest BCUT2D eigenvalue weighted by Crippen LogP contribution is -2.35. The van der Waals surface area contributed by atoms with Crippen LogP contribution in [-0.4, -0.2) is 34.2 Å². The molecule has 0 aliphatic heterocycles. The van der Waals surface area contributed by atoms with Gasteiger partial charge in [-0.15, -0.1) is 0 Å². The second kappa shape index (κ2) is 5.48. The Balaban J connectivity index is 4.58. The molecule has 1 unspecified atom stereocenters. The van der Waals surface area contributed by atoms with Gasteiger partial charge in [-0.2, -0.15) is 0 Å². The molecule has 0 fully saturated rings. The van der Waals surface area contributed by atoms with Crippen molar-refractivity contribution < 1.29 is 29.3 Å². The molecular formula is C10H16O6. The second-order valence-corrected chi connectivity index (χ2v) is 4.07. The van der Waals surface area contributed by atoms with Crippen molar-refractivity contribution in [3.8, 4) is 0 Å². The predicted octanol–water partition coefficient (Wildman–Crippen LogP) is 0.894. The van der Waals surface area contributed by atoms with E-state index in [1.54, 1.807) is 20.8 Å². The number of hydrogen-bond acceptors (Lipinski definition) is 4. The van der Waals surface area contributed by atoms with Crippen LogP contribution < -0.4 is 0 Å². The zero-order valence-electron chi connectivity index (χ0n) is 9.52. The standard InChI is InChI=1S/C10H16O6/c1-4-10(2,3)9(15)16-6(8(13)14)5-7(11)12/h6H,4-5H2,1-3H3,(H,11,12)(H,13,14). The van der Waals surface area contributed by atoms with E-state index in [4.69, 9.17) is 10.2 Å². The zero-order valence-corrected chi connectivity index (χ0v) is 9.52. The van der Waals surface area contributed by atoms with Crippen molar-refractivity contribution in [2.75, 3.05) is 0 Å². The molecule has 0 rings (SSSR count). The van der Waals surface area contributed by atoms with Gasteiger partial charge in [0.05, 0.1) is 11.8 Å². The molecule has 0 aromatic rings. The molecule has 0 saturated carbocycles. The number of rotatable bonds is 6. The topological polar surface area (TPSA) is 101 Å². The number of carboxylic acid groups (broad SMARTS) is 2. The predicted molar refractivity (Wildman–Crippen MR) is 53.8 cm³/mol. The van der Waals surface area contributed by atoms with E-state index >= 15 is 0 Å². The van der Waals surface area contributed by atoms with Crippen LogP contribution in [0.15, 0.2) is 0 Å². The van der Waals surface area contributed by atoms with Crippen LogP contribution in [0, 0.1) is 5.41 Å². The molecule has 92 valence electrons. The average Bonchev–Trinajstić information content (AvgIpc) is 2.15. The Hall–Kier alpha value is -1.59. The van der Waals surface area contributed by atoms with Crippen LogP contribution in [0.4, 0.5) is 0 Å². The summed E-state index contributed by atoms with van der Waals surface area (Å²) in [6.07, 6.45) is -1.89. The third-order valence-electron chi connectivity index (χ3n) is 2.32. The number of hydrogen-bond donors (Lipinski definition) is 2. The Morgan fingerprint density at radius 3 is 2.06 bits per heavy atom. The normalized spacial score (nSPS) is 12.9. The van der Waals surface area contributed by atoms with E-state index in [-0.39, 0.29) is 0 Å². The van der Waals surface area contributed by atoms with Crippen LogP contribution in [0.3, 0.4) is 0 Å². The summed E-state index contributed by atoms with van der Waals surface area (Å²) in [7, 11) is 0. The minimum atomic E-state index is -1.63. The van der Waals surface area contributed by atoms with E-state index in [1.807, 2.05) is 0 Å². The van der Waals surface area contributed by atoms with Gasteiger partial charge in [0, 0.05) is 0 Å². The van der Waals surface area contributed by atoms with Gasteiger partial charge in [0.25, 0.3) is 0 Å². The Morgan fingerprint density at radius 2 is 1.75 bits per heavy atom. The zero-order chi connectivity index (χ0) is 12.9. The molecule has 0 aromatic carbocycles. The number of carboxylic acids is 2. The molecule has 16 heavy (non-hydrogen) atoms. The van der Waals surface area contributed by atoms with Crippen LogP contribution in [-0.2, 0) is 19.1 Å². The van der Waals surface area contributed by atoms with Gasteiger partial charge < -0.3 is 14.9 Å². The first kappa shape index (κ1) is 14.4. The molecule has 1 atom stereocenters. The van der Waals surface area contributed by atoms with Gasteiger partial charge in [-0.1, -0.05) is 6.92 Å². The van der Waals surface area contributed by atoms with Crippen LogP contribution in [0.25, 0.3) is 0 Å². The molecule has 0 spiro atoms. The smallest absolute Gasteiger partial charge is 0.345 e. The lowest BCUT2D eigenvalue weighted by Gasteiger charge is -2.22. The van der Waals surface area contributed by atoms with Crippen LogP contribution >= 0.6 is 0 Å². The lowest BCUT2D eigenvalue weighted by atomic mass is 9.90. The summed E-state index contributed by atoms with van der Waals surface area (Å²) in [5.74, 6) is -3.49. The molecule has 6 heteroatoms. The Labute approximate surface area is 93.2 Å². The molecule has 0 bridgehead atoms. The summed E-state index contributed by atoms with van der Waals surface area (Å²) in [5.41, 5.74) is -0.813. The van der Waals surface area contributed by atoms with Crippen molar-refractivity contribution in [3.05, 3.63) is 0 Å². The highest BCUT2D eigenvalue weighted by Crippen LogP contribution is 2.22. The maximum atomic E-state index is 11.5. The minimum absolute atomic E-state index is 0.477. The fourth-order valence-corrected chi connectivity index (χ4v) is 0.771. The largest absolute Gasteiger partial charge is 0.481 e. The number of esters is 1. The molecule has 0 saturated heterocycles. The minimum Gasteiger partial charge on any atom is -0.481 e. The molecule has 0 aliphatic rings. The summed E-state index contributed by atoms with van der Waals surface area (Å²) in [6, 6.07) is 0. The number of carbonyl (C=O) groups excluding carboxylic acids is 1. The van der Waals surface area contributed by atoms with Gasteiger partial charge in [0.1, 0.15) is 0 Å². The summed E-state index contributed by atoms with van der Waals surface area (Å²) >= 11 is 0. The molecule has 0 aromatic heterocycles. The van der Waals surface area contributed by atoms with Gasteiger partial charge in [0.2, 0.25) is 6.10 Å². The highest BCUT2D eigenvalue weighted by molar-refractivity contribution is 5.84. The van der Waals surface area contributed by atoms with Crippen molar-refractivity contribution in [1.29, 1.82) is 0 Å². The van der Waals surface area contributed by atoms with E-state index in [9.17, 15) is 14.4 Å². The summed E-state index contributed by atoms with van der Waals surface area (Å²) in [6.45, 7) is 4.97. The lowest BCUT2D eigenvalue weighted by molar-refractivity contribution is -0.173. The summed E-state index contributed by atoms with van der Waals surface area (Å²) in [4.78, 5) is 32.5. The van der Waals surface area contributed by atoms with Crippen molar-refractivity contribution in [2.24, 2.45) is 5.41 Å². The van der Waals surface area contributed by atoms with Crippen LogP contribution in [0.2, 0.25) is 0 Å². The van der Waals surface area contributed by atoms with Gasteiger partial charge >= 0.3 is 17.9 Å². The number of carbonyl (C=O) groups is 3. The van der Waals surface area contributed by atoms with E-state index in [1.165, 1.54) is 0 Å². The van der Waals surface area contributed by atoms with Crippen molar-refractivity contribution in [1.82, 2.24) is 0 Å². The SMILES string of the molecule is CCC(C)(C)C(=O)OC(CC(=O)O)C(=O)O. The van der Waals surface area contributed by atoms with Crippen LogP contribution in [0.1, 0.15) is 33.6 Å². The maximum Gasteiger partial charge on any atom is 0.345 e. The fraction of sp³-hybridized carbons (Fsp3) is 0.700. The maximum absolute atomic E-state index is 11.5. The molecule has 2 N–H and O–H groups in total. The molecule has 0 radical (unpaired) electrons. The third kappa shape index (κ3) is 4.29. The Bertz CT molecular complexity index is 294. The summed E-state index contributed by atoms with van der Waals surface area (Å²) < 4.78 is 4.66. The van der Waals surface area contributed by atoms with Crippen molar-refractivity contribution in [3.63, 3.8) is 0 Å². The van der Waals surface area contributed by atoms with Gasteiger partial charge in [-0.05, 0) is 20.3 Å². The number of ether oxygens (including phenoxy) is 1. The monoisotopic (exact) mass is 232 g/mol. The molecule has 0 aliphatic carbocycles. The van der Waals surface area contributed by atoms with Gasteiger partial charge in [0.15, 0.2) is 0 Å². The van der Waals surface area contributed by atoms with E-state index in [2.05, 4.69) is 4.74 Å². The van der Waals surface area contributed by atoms with Crippen molar-refractivity contribution >= 4 is 17.9 Å². The molecule has 6 nitrogen and oxygen atoms in total. The van der Waals surface area contributed by atoms with Gasteiger partial charge in [-0.3, -0.25) is 9.59 Å². The Morgan fingerprint density at radius 1 is 1.25 bits per heavy atom. The highest BCUT2D eigenvalue weighted by Gasteiger charge is 2.33. The van der Waals surface area contributed by atoms with E-state index in [0.717, 1.165) is 0 Å². The molecule has 0 heterocycles. The second-order valence-electron chi connectivity index (χ2n) is 4.07. The first-order chi connectivity index (χ1) is 7.20. The quantitative estimate of drug-likeness (QED) is 0.659. The summed E-state index contributed by atoms with van der Waals surface area (Å²) in [5, 5.41) is 17.1. The molecule has 0 amide bonds. The van der Waals surface area contributed by atoms with Crippen LogP contribution in [0.5, 0.6) is 0 Å². The fourth-order valence-electron chi connectivity index (χ4n) is 0.771. The van der Waals surface area contributed by atoms with E-state index in [0.29, 0.717) is 6.42 Å². The Kier molecular flexibility index (Phi) is 4.94. The average molecular weight is 232 g/mol. The number of aliphatic carboxylic acids is 2. The van der Waals surface area contributed by atoms with Crippen molar-refractivity contribution in [2.45, 2.75) is 39.7 Å². The van der Waals surface area contributed by atoms with E-state index < -0.39 is 35.8 Å². The first-order valence-electron chi connectivity index (χ1n) is 4.86.